The number of esters is 1. The van der Waals surface area contributed by atoms with Gasteiger partial charge in [0.05, 0.1) is 11.4 Å². The predicted molar refractivity (Wildman–Crippen MR) is 129 cm³/mol. The minimum atomic E-state index is -1.16. The number of fused-ring (bicyclic) bond motifs is 2. The quantitative estimate of drug-likeness (QED) is 0.382. The van der Waals surface area contributed by atoms with E-state index in [9.17, 15) is 19.2 Å². The molecule has 1 amide bonds. The second-order valence-electron chi connectivity index (χ2n) is 8.26. The van der Waals surface area contributed by atoms with Crippen molar-refractivity contribution in [2.45, 2.75) is 20.0 Å². The molecule has 9 nitrogen and oxygen atoms in total. The molecule has 3 aromatic carbocycles. The molecule has 0 aliphatic heterocycles. The first-order valence-corrected chi connectivity index (χ1v) is 11.2. The van der Waals surface area contributed by atoms with Gasteiger partial charge in [0, 0.05) is 27.9 Å². The van der Waals surface area contributed by atoms with Crippen LogP contribution in [-0.2, 0) is 9.53 Å². The van der Waals surface area contributed by atoms with Crippen LogP contribution in [0.15, 0.2) is 72.8 Å². The van der Waals surface area contributed by atoms with Gasteiger partial charge in [-0.15, -0.1) is 5.10 Å². The van der Waals surface area contributed by atoms with E-state index in [2.05, 4.69) is 15.5 Å². The van der Waals surface area contributed by atoms with Gasteiger partial charge in [-0.05, 0) is 44.2 Å². The lowest BCUT2D eigenvalue weighted by atomic mass is 9.84. The van der Waals surface area contributed by atoms with Crippen molar-refractivity contribution in [3.05, 3.63) is 106 Å². The van der Waals surface area contributed by atoms with Crippen molar-refractivity contribution in [2.24, 2.45) is 0 Å². The van der Waals surface area contributed by atoms with Crippen LogP contribution in [0.4, 0.5) is 5.69 Å². The fourth-order valence-corrected chi connectivity index (χ4v) is 3.94. The summed E-state index contributed by atoms with van der Waals surface area (Å²) < 4.78 is 5.31. The van der Waals surface area contributed by atoms with Gasteiger partial charge in [-0.1, -0.05) is 42.5 Å². The van der Waals surface area contributed by atoms with Gasteiger partial charge in [0.2, 0.25) is 0 Å². The Morgan fingerprint density at radius 1 is 0.833 bits per heavy atom. The minimum absolute atomic E-state index is 0.00458. The number of amides is 1. The summed E-state index contributed by atoms with van der Waals surface area (Å²) in [5.41, 5.74) is 2.47. The van der Waals surface area contributed by atoms with Gasteiger partial charge in [0.1, 0.15) is 0 Å². The van der Waals surface area contributed by atoms with Crippen LogP contribution in [-0.4, -0.2) is 44.5 Å². The Bertz CT molecular complexity index is 1540. The summed E-state index contributed by atoms with van der Waals surface area (Å²) in [5, 5.41) is 11.1. The Labute approximate surface area is 205 Å². The van der Waals surface area contributed by atoms with Crippen molar-refractivity contribution in [1.29, 1.82) is 0 Å². The van der Waals surface area contributed by atoms with Gasteiger partial charge in [-0.2, -0.15) is 9.90 Å². The summed E-state index contributed by atoms with van der Waals surface area (Å²) in [4.78, 5) is 52.4. The third-order valence-electron chi connectivity index (χ3n) is 5.81. The van der Waals surface area contributed by atoms with E-state index in [4.69, 9.17) is 4.74 Å². The molecule has 36 heavy (non-hydrogen) atoms. The third kappa shape index (κ3) is 4.07. The van der Waals surface area contributed by atoms with Crippen LogP contribution in [0.5, 0.6) is 0 Å². The van der Waals surface area contributed by atoms with Gasteiger partial charge in [-0.25, -0.2) is 4.79 Å². The number of benzene rings is 3. The van der Waals surface area contributed by atoms with Gasteiger partial charge in [0.25, 0.3) is 5.91 Å². The minimum Gasteiger partial charge on any atom is -0.448 e. The number of nitrogens with one attached hydrogen (secondary N) is 1. The van der Waals surface area contributed by atoms with E-state index in [-0.39, 0.29) is 28.4 Å². The molecule has 178 valence electrons. The Morgan fingerprint density at radius 3 is 2.14 bits per heavy atom. The summed E-state index contributed by atoms with van der Waals surface area (Å²) in [5.74, 6) is -1.95. The number of nitrogens with zero attached hydrogens (tertiary/aromatic N) is 3. The van der Waals surface area contributed by atoms with E-state index in [1.807, 2.05) is 18.2 Å². The highest BCUT2D eigenvalue weighted by Crippen LogP contribution is 2.29. The number of rotatable bonds is 5. The lowest BCUT2D eigenvalue weighted by Crippen LogP contribution is -2.30. The topological polar surface area (TPSA) is 120 Å². The van der Waals surface area contributed by atoms with E-state index in [0.717, 1.165) is 0 Å². The molecule has 0 saturated heterocycles. The van der Waals surface area contributed by atoms with E-state index < -0.39 is 18.0 Å². The molecule has 1 unspecified atom stereocenters. The standard InChI is InChI=1S/C27H20N4O5/c1-15-23(30-31(29-15)18-8-4-3-5-9-18)27(35)36-16(2)26(34)28-17-12-13-21-22(14-17)25(33)20-11-7-6-10-19(20)24(21)32/h3-14,16H,1-2H3,(H,28,34). The smallest absolute Gasteiger partial charge is 0.361 e. The first-order valence-electron chi connectivity index (χ1n) is 11.2. The number of aryl methyl sites for hydroxylation is 1. The fourth-order valence-electron chi connectivity index (χ4n) is 3.94. The van der Waals surface area contributed by atoms with Gasteiger partial charge < -0.3 is 10.1 Å². The summed E-state index contributed by atoms with van der Waals surface area (Å²) >= 11 is 0. The molecule has 1 aromatic heterocycles. The Hall–Kier alpha value is -4.92. The summed E-state index contributed by atoms with van der Waals surface area (Å²) in [6.45, 7) is 3.05. The molecule has 0 bridgehead atoms. The summed E-state index contributed by atoms with van der Waals surface area (Å²) in [6.07, 6.45) is -1.16. The van der Waals surface area contributed by atoms with Crippen molar-refractivity contribution in [3.63, 3.8) is 0 Å². The number of ether oxygens (including phenoxy) is 1. The normalized spacial score (nSPS) is 12.9. The number of hydrogen-bond donors (Lipinski definition) is 1. The second kappa shape index (κ2) is 9.03. The molecule has 9 heteroatoms. The van der Waals surface area contributed by atoms with Crippen LogP contribution in [0.25, 0.3) is 5.69 Å². The first kappa shape index (κ1) is 22.9. The van der Waals surface area contributed by atoms with Gasteiger partial charge in [-0.3, -0.25) is 14.4 Å². The van der Waals surface area contributed by atoms with Crippen LogP contribution in [0.2, 0.25) is 0 Å². The molecular weight excluding hydrogens is 460 g/mol. The number of carbonyl (C=O) groups excluding carboxylic acids is 4. The highest BCUT2D eigenvalue weighted by Gasteiger charge is 2.30. The van der Waals surface area contributed by atoms with Crippen LogP contribution in [0, 0.1) is 6.92 Å². The van der Waals surface area contributed by atoms with Crippen LogP contribution < -0.4 is 5.32 Å². The van der Waals surface area contributed by atoms with E-state index in [1.54, 1.807) is 43.3 Å². The van der Waals surface area contributed by atoms with E-state index in [0.29, 0.717) is 28.2 Å². The number of para-hydroxylation sites is 1. The fraction of sp³-hybridized carbons (Fsp3) is 0.111. The molecule has 0 radical (unpaired) electrons. The lowest BCUT2D eigenvalue weighted by molar-refractivity contribution is -0.123. The van der Waals surface area contributed by atoms with Crippen molar-refractivity contribution in [3.8, 4) is 5.69 Å². The average molecular weight is 480 g/mol. The highest BCUT2D eigenvalue weighted by molar-refractivity contribution is 6.28. The zero-order chi connectivity index (χ0) is 25.4. The number of ketones is 2. The highest BCUT2D eigenvalue weighted by atomic mass is 16.5. The number of aromatic nitrogens is 3. The second-order valence-corrected chi connectivity index (χ2v) is 8.26. The first-order chi connectivity index (χ1) is 17.3. The Kier molecular flexibility index (Phi) is 5.73. The predicted octanol–water partition coefficient (Wildman–Crippen LogP) is 3.54. The molecule has 5 rings (SSSR count). The SMILES string of the molecule is Cc1nn(-c2ccccc2)nc1C(=O)OC(C)C(=O)Nc1ccc2c(c1)C(=O)c1ccccc1C2=O. The maximum Gasteiger partial charge on any atom is 0.361 e. The zero-order valence-electron chi connectivity index (χ0n) is 19.4. The van der Waals surface area contributed by atoms with Crippen LogP contribution in [0.3, 0.4) is 0 Å². The molecule has 1 heterocycles. The van der Waals surface area contributed by atoms with Gasteiger partial charge in [0.15, 0.2) is 23.4 Å². The monoisotopic (exact) mass is 480 g/mol. The van der Waals surface area contributed by atoms with Crippen molar-refractivity contribution in [1.82, 2.24) is 15.0 Å². The zero-order valence-corrected chi connectivity index (χ0v) is 19.4. The molecule has 1 atom stereocenters. The molecule has 4 aromatic rings. The number of hydrogen-bond acceptors (Lipinski definition) is 7. The van der Waals surface area contributed by atoms with E-state index >= 15 is 0 Å². The lowest BCUT2D eigenvalue weighted by Gasteiger charge is -2.19. The van der Waals surface area contributed by atoms with Crippen LogP contribution in [0.1, 0.15) is 54.9 Å². The molecule has 0 saturated carbocycles. The maximum absolute atomic E-state index is 12.9. The summed E-state index contributed by atoms with van der Waals surface area (Å²) in [7, 11) is 0. The largest absolute Gasteiger partial charge is 0.448 e. The Morgan fingerprint density at radius 2 is 1.44 bits per heavy atom. The van der Waals surface area contributed by atoms with Crippen LogP contribution >= 0.6 is 0 Å². The van der Waals surface area contributed by atoms with Crippen molar-refractivity contribution in [2.75, 3.05) is 5.32 Å². The van der Waals surface area contributed by atoms with E-state index in [1.165, 1.54) is 29.9 Å². The molecular formula is C27H20N4O5. The number of carbonyl (C=O) groups is 4. The molecule has 1 N–H and O–H groups in total. The maximum atomic E-state index is 12.9. The average Bonchev–Trinajstić information content (AvgIpc) is 3.29. The summed E-state index contributed by atoms with van der Waals surface area (Å²) in [6, 6.07) is 20.2. The van der Waals surface area contributed by atoms with Crippen molar-refractivity contribution >= 4 is 29.1 Å². The molecule has 1 aliphatic rings. The number of anilines is 1. The molecule has 0 fully saturated rings. The van der Waals surface area contributed by atoms with Crippen molar-refractivity contribution < 1.29 is 23.9 Å². The Balaban J connectivity index is 1.29. The molecule has 0 spiro atoms. The molecule has 1 aliphatic carbocycles. The third-order valence-corrected chi connectivity index (χ3v) is 5.81. The van der Waals surface area contributed by atoms with Gasteiger partial charge >= 0.3 is 5.97 Å².